The lowest BCUT2D eigenvalue weighted by Crippen LogP contribution is -1.94. The van der Waals surface area contributed by atoms with Crippen molar-refractivity contribution in [1.29, 1.82) is 0 Å². The summed E-state index contributed by atoms with van der Waals surface area (Å²) in [4.78, 5) is 3.87. The minimum absolute atomic E-state index is 0.620. The van der Waals surface area contributed by atoms with Crippen molar-refractivity contribution in [1.82, 2.24) is 4.98 Å². The second kappa shape index (κ2) is 4.10. The molecule has 4 nitrogen and oxygen atoms in total. The zero-order chi connectivity index (χ0) is 11.5. The van der Waals surface area contributed by atoms with Crippen LogP contribution in [0.4, 0.5) is 5.69 Å². The van der Waals surface area contributed by atoms with Gasteiger partial charge in [-0.05, 0) is 11.6 Å². The number of nitrogens with zero attached hydrogens (tertiary/aromatic N) is 1. The first-order chi connectivity index (χ1) is 7.76. The van der Waals surface area contributed by atoms with Crippen LogP contribution in [0.25, 0.3) is 17.4 Å². The molecule has 0 fully saturated rings. The molecule has 0 aliphatic carbocycles. The molecule has 1 aromatic heterocycles. The summed E-state index contributed by atoms with van der Waals surface area (Å²) in [6.45, 7) is 3.70. The Morgan fingerprint density at radius 1 is 1.50 bits per heavy atom. The van der Waals surface area contributed by atoms with Gasteiger partial charge in [-0.25, -0.2) is 4.98 Å². The number of benzene rings is 1. The molecule has 0 amide bonds. The highest BCUT2D eigenvalue weighted by Crippen LogP contribution is 2.34. The maximum Gasteiger partial charge on any atom is 0.181 e. The maximum atomic E-state index is 5.83. The van der Waals surface area contributed by atoms with Gasteiger partial charge < -0.3 is 14.9 Å². The Bertz CT molecular complexity index is 504. The largest absolute Gasteiger partial charge is 0.496 e. The van der Waals surface area contributed by atoms with Gasteiger partial charge in [-0.1, -0.05) is 12.7 Å². The summed E-state index contributed by atoms with van der Waals surface area (Å²) in [6.07, 6.45) is 4.69. The predicted octanol–water partition coefficient (Wildman–Crippen LogP) is 2.58. The molecule has 0 aliphatic heterocycles. The monoisotopic (exact) mass is 216 g/mol. The zero-order valence-electron chi connectivity index (χ0n) is 8.93. The molecule has 1 heterocycles. The topological polar surface area (TPSA) is 61.3 Å². The van der Waals surface area contributed by atoms with E-state index in [1.807, 2.05) is 6.07 Å². The third kappa shape index (κ3) is 1.65. The van der Waals surface area contributed by atoms with Gasteiger partial charge in [-0.3, -0.25) is 0 Å². The van der Waals surface area contributed by atoms with Crippen LogP contribution in [-0.4, -0.2) is 12.1 Å². The normalized spacial score (nSPS) is 10.1. The Labute approximate surface area is 93.4 Å². The fourth-order valence-corrected chi connectivity index (χ4v) is 1.50. The average molecular weight is 216 g/mol. The van der Waals surface area contributed by atoms with Gasteiger partial charge in [0.25, 0.3) is 0 Å². The Morgan fingerprint density at radius 3 is 2.88 bits per heavy atom. The molecule has 2 rings (SSSR count). The van der Waals surface area contributed by atoms with Crippen molar-refractivity contribution in [3.8, 4) is 17.1 Å². The van der Waals surface area contributed by atoms with E-state index in [1.54, 1.807) is 25.4 Å². The smallest absolute Gasteiger partial charge is 0.181 e. The van der Waals surface area contributed by atoms with Gasteiger partial charge in [0, 0.05) is 11.8 Å². The molecule has 0 spiro atoms. The Kier molecular flexibility index (Phi) is 2.64. The van der Waals surface area contributed by atoms with Gasteiger partial charge in [0.2, 0.25) is 0 Å². The van der Waals surface area contributed by atoms with Crippen LogP contribution in [-0.2, 0) is 0 Å². The van der Waals surface area contributed by atoms with Gasteiger partial charge in [-0.15, -0.1) is 0 Å². The molecule has 0 bridgehead atoms. The Hall–Kier alpha value is -2.23. The van der Waals surface area contributed by atoms with Gasteiger partial charge in [0.15, 0.2) is 12.2 Å². The molecule has 0 atom stereocenters. The summed E-state index contributed by atoms with van der Waals surface area (Å²) in [5, 5.41) is 0. The van der Waals surface area contributed by atoms with Crippen molar-refractivity contribution < 1.29 is 9.15 Å². The quantitative estimate of drug-likeness (QED) is 0.801. The Balaban J connectivity index is 2.63. The fraction of sp³-hybridized carbons (Fsp3) is 0.0833. The lowest BCUT2D eigenvalue weighted by atomic mass is 10.1. The molecule has 0 unspecified atom stereocenters. The van der Waals surface area contributed by atoms with E-state index in [1.165, 1.54) is 6.39 Å². The van der Waals surface area contributed by atoms with Gasteiger partial charge >= 0.3 is 0 Å². The Morgan fingerprint density at radius 2 is 2.31 bits per heavy atom. The van der Waals surface area contributed by atoms with Crippen LogP contribution in [0.1, 0.15) is 5.56 Å². The standard InChI is InChI=1S/C12H12N2O2/c1-3-8-4-9(12-6-14-7-16-12)11(15-2)5-10(8)13/h3-7H,1,13H2,2H3. The number of nitrogens with two attached hydrogens (primary N) is 1. The van der Waals surface area contributed by atoms with E-state index in [2.05, 4.69) is 11.6 Å². The fourth-order valence-electron chi connectivity index (χ4n) is 1.50. The first-order valence-corrected chi connectivity index (χ1v) is 4.75. The van der Waals surface area contributed by atoms with E-state index in [0.29, 0.717) is 17.2 Å². The lowest BCUT2D eigenvalue weighted by molar-refractivity contribution is 0.415. The molecule has 1 aromatic carbocycles. The van der Waals surface area contributed by atoms with Crippen molar-refractivity contribution in [2.45, 2.75) is 0 Å². The first kappa shape index (κ1) is 10.3. The number of hydrogen-bond acceptors (Lipinski definition) is 4. The maximum absolute atomic E-state index is 5.83. The van der Waals surface area contributed by atoms with Crippen molar-refractivity contribution in [2.24, 2.45) is 0 Å². The summed E-state index contributed by atoms with van der Waals surface area (Å²) in [6, 6.07) is 3.61. The molecule has 0 aliphatic rings. The van der Waals surface area contributed by atoms with Crippen LogP contribution in [0.5, 0.6) is 5.75 Å². The first-order valence-electron chi connectivity index (χ1n) is 4.75. The van der Waals surface area contributed by atoms with Crippen LogP contribution in [0.15, 0.2) is 35.7 Å². The van der Waals surface area contributed by atoms with Crippen molar-refractivity contribution in [3.63, 3.8) is 0 Å². The molecule has 2 aromatic rings. The third-order valence-corrected chi connectivity index (χ3v) is 2.32. The summed E-state index contributed by atoms with van der Waals surface area (Å²) >= 11 is 0. The number of anilines is 1. The summed E-state index contributed by atoms with van der Waals surface area (Å²) in [5.41, 5.74) is 8.10. The van der Waals surface area contributed by atoms with E-state index < -0.39 is 0 Å². The minimum Gasteiger partial charge on any atom is -0.496 e. The van der Waals surface area contributed by atoms with Crippen molar-refractivity contribution in [2.75, 3.05) is 12.8 Å². The summed E-state index contributed by atoms with van der Waals surface area (Å²) in [7, 11) is 1.59. The van der Waals surface area contributed by atoms with Gasteiger partial charge in [-0.2, -0.15) is 0 Å². The number of hydrogen-bond donors (Lipinski definition) is 1. The van der Waals surface area contributed by atoms with E-state index in [9.17, 15) is 0 Å². The molecule has 16 heavy (non-hydrogen) atoms. The summed E-state index contributed by atoms with van der Waals surface area (Å²) in [5.74, 6) is 1.29. The number of rotatable bonds is 3. The average Bonchev–Trinajstić information content (AvgIpc) is 2.82. The van der Waals surface area contributed by atoms with Crippen molar-refractivity contribution in [3.05, 3.63) is 36.9 Å². The molecule has 0 saturated carbocycles. The number of ether oxygens (including phenoxy) is 1. The zero-order valence-corrected chi connectivity index (χ0v) is 8.93. The van der Waals surface area contributed by atoms with E-state index >= 15 is 0 Å². The molecule has 0 radical (unpaired) electrons. The highest BCUT2D eigenvalue weighted by atomic mass is 16.5. The van der Waals surface area contributed by atoms with E-state index in [0.717, 1.165) is 11.1 Å². The highest BCUT2D eigenvalue weighted by Gasteiger charge is 2.11. The molecule has 2 N–H and O–H groups in total. The molecular weight excluding hydrogens is 204 g/mol. The van der Waals surface area contributed by atoms with Crippen LogP contribution < -0.4 is 10.5 Å². The van der Waals surface area contributed by atoms with E-state index in [4.69, 9.17) is 14.9 Å². The number of aromatic nitrogens is 1. The second-order valence-electron chi connectivity index (χ2n) is 3.25. The van der Waals surface area contributed by atoms with Crippen LogP contribution in [0.3, 0.4) is 0 Å². The van der Waals surface area contributed by atoms with Crippen molar-refractivity contribution >= 4 is 11.8 Å². The van der Waals surface area contributed by atoms with Gasteiger partial charge in [0.05, 0.1) is 18.9 Å². The highest BCUT2D eigenvalue weighted by molar-refractivity contribution is 5.76. The molecular formula is C12H12N2O2. The number of methoxy groups -OCH3 is 1. The second-order valence-corrected chi connectivity index (χ2v) is 3.25. The number of oxazole rings is 1. The minimum atomic E-state index is 0.620. The van der Waals surface area contributed by atoms with Crippen LogP contribution in [0.2, 0.25) is 0 Å². The SMILES string of the molecule is C=Cc1cc(-c2cnco2)c(OC)cc1N. The predicted molar refractivity (Wildman–Crippen MR) is 63.0 cm³/mol. The third-order valence-electron chi connectivity index (χ3n) is 2.32. The van der Waals surface area contributed by atoms with Gasteiger partial charge in [0.1, 0.15) is 5.75 Å². The van der Waals surface area contributed by atoms with E-state index in [-0.39, 0.29) is 0 Å². The molecule has 82 valence electrons. The summed E-state index contributed by atoms with van der Waals surface area (Å²) < 4.78 is 10.5. The van der Waals surface area contributed by atoms with Crippen LogP contribution in [0, 0.1) is 0 Å². The lowest BCUT2D eigenvalue weighted by Gasteiger charge is -2.09. The van der Waals surface area contributed by atoms with Crippen LogP contribution >= 0.6 is 0 Å². The molecule has 0 saturated heterocycles. The number of nitrogen functional groups attached to an aromatic ring is 1. The molecule has 4 heteroatoms.